The Balaban J connectivity index is 2.11. The first-order valence-electron chi connectivity index (χ1n) is 9.13. The van der Waals surface area contributed by atoms with Crippen molar-refractivity contribution >= 4 is 44.5 Å². The van der Waals surface area contributed by atoms with E-state index in [0.717, 1.165) is 5.56 Å². The number of β-lactam (4-membered cyclic amide) rings is 1. The molecule has 2 amide bonds. The van der Waals surface area contributed by atoms with Crippen LogP contribution in [0.15, 0.2) is 41.6 Å². The third kappa shape index (κ3) is 4.02. The summed E-state index contributed by atoms with van der Waals surface area (Å²) in [6.07, 6.45) is 0. The maximum absolute atomic E-state index is 13.4. The summed E-state index contributed by atoms with van der Waals surface area (Å²) in [5, 5.41) is 1.19. The molecule has 3 rings (SSSR count). The molecule has 4 atom stereocenters. The maximum atomic E-state index is 13.4. The molecule has 156 valence electrons. The van der Waals surface area contributed by atoms with Crippen molar-refractivity contribution < 1.29 is 23.3 Å². The maximum Gasteiger partial charge on any atom is 0.355 e. The Hall–Kier alpha value is -2.00. The minimum atomic E-state index is -1.65. The lowest BCUT2D eigenvalue weighted by atomic mass is 9.88. The van der Waals surface area contributed by atoms with Gasteiger partial charge in [0.05, 0.1) is 16.7 Å². The van der Waals surface area contributed by atoms with Gasteiger partial charge in [-0.25, -0.2) is 4.79 Å². The molecule has 1 aromatic carbocycles. The molecule has 0 spiro atoms. The molecule has 29 heavy (non-hydrogen) atoms. The number of hydrogen-bond acceptors (Lipinski definition) is 5. The van der Waals surface area contributed by atoms with E-state index in [4.69, 9.17) is 4.74 Å². The van der Waals surface area contributed by atoms with Crippen LogP contribution in [0.2, 0.25) is 0 Å². The van der Waals surface area contributed by atoms with Crippen LogP contribution in [0.25, 0.3) is 0 Å². The summed E-state index contributed by atoms with van der Waals surface area (Å²) in [6.45, 7) is 6.51. The standard InChI is InChI=1S/C20H23BrN2O5S/c1-11(24)22-16-13(10-21)15(19(26)28-20(2,3)4)23-17(25)14(18(23)29(16)27)12-8-6-5-7-9-12/h5-9,14,16,18H,10H2,1-4H3,(H,22,24)/t14?,16?,18-,29?/m1/s1. The van der Waals surface area contributed by atoms with Gasteiger partial charge in [-0.1, -0.05) is 46.3 Å². The van der Waals surface area contributed by atoms with Crippen molar-refractivity contribution in [2.24, 2.45) is 0 Å². The highest BCUT2D eigenvalue weighted by atomic mass is 79.9. The van der Waals surface area contributed by atoms with E-state index in [2.05, 4.69) is 21.2 Å². The van der Waals surface area contributed by atoms with Gasteiger partial charge in [-0.05, 0) is 26.3 Å². The smallest absolute Gasteiger partial charge is 0.355 e. The van der Waals surface area contributed by atoms with Gasteiger partial charge >= 0.3 is 5.97 Å². The van der Waals surface area contributed by atoms with E-state index >= 15 is 0 Å². The monoisotopic (exact) mass is 482 g/mol. The average molecular weight is 483 g/mol. The van der Waals surface area contributed by atoms with Crippen molar-refractivity contribution in [2.45, 2.75) is 50.0 Å². The van der Waals surface area contributed by atoms with Crippen molar-refractivity contribution in [1.82, 2.24) is 10.2 Å². The van der Waals surface area contributed by atoms with Crippen molar-refractivity contribution in [3.05, 3.63) is 47.2 Å². The van der Waals surface area contributed by atoms with Gasteiger partial charge in [-0.15, -0.1) is 0 Å². The van der Waals surface area contributed by atoms with Crippen molar-refractivity contribution in [3.63, 3.8) is 0 Å². The van der Waals surface area contributed by atoms with Crippen molar-refractivity contribution in [1.29, 1.82) is 0 Å². The molecular weight excluding hydrogens is 460 g/mol. The summed E-state index contributed by atoms with van der Waals surface area (Å²) < 4.78 is 18.9. The van der Waals surface area contributed by atoms with Crippen LogP contribution >= 0.6 is 15.9 Å². The second-order valence-electron chi connectivity index (χ2n) is 7.91. The molecule has 7 nitrogen and oxygen atoms in total. The first-order chi connectivity index (χ1) is 13.6. The van der Waals surface area contributed by atoms with Gasteiger partial charge in [0.15, 0.2) is 0 Å². The summed E-state index contributed by atoms with van der Waals surface area (Å²) in [7, 11) is -1.65. The molecule has 0 aromatic heterocycles. The molecule has 1 N–H and O–H groups in total. The Morgan fingerprint density at radius 2 is 1.86 bits per heavy atom. The van der Waals surface area contributed by atoms with Crippen LogP contribution in [-0.4, -0.2) is 48.6 Å². The third-order valence-corrected chi connectivity index (χ3v) is 7.03. The van der Waals surface area contributed by atoms with Crippen LogP contribution in [0.1, 0.15) is 39.2 Å². The molecule has 0 radical (unpaired) electrons. The van der Waals surface area contributed by atoms with Crippen LogP contribution in [0.4, 0.5) is 0 Å². The van der Waals surface area contributed by atoms with Crippen LogP contribution in [-0.2, 0) is 29.9 Å². The van der Waals surface area contributed by atoms with Crippen molar-refractivity contribution in [2.75, 3.05) is 5.33 Å². The average Bonchev–Trinajstić information content (AvgIpc) is 2.62. The zero-order valence-corrected chi connectivity index (χ0v) is 19.0. The third-order valence-electron chi connectivity index (χ3n) is 4.60. The number of alkyl halides is 1. The lowest BCUT2D eigenvalue weighted by Gasteiger charge is -2.51. The molecule has 1 fully saturated rings. The molecule has 9 heteroatoms. The van der Waals surface area contributed by atoms with E-state index in [0.29, 0.717) is 5.57 Å². The number of carbonyl (C=O) groups excluding carboxylic acids is 3. The van der Waals surface area contributed by atoms with E-state index in [1.807, 2.05) is 6.07 Å². The number of rotatable bonds is 4. The molecule has 2 aliphatic heterocycles. The Bertz CT molecular complexity index is 909. The van der Waals surface area contributed by atoms with Gasteiger partial charge in [0.25, 0.3) is 0 Å². The predicted octanol–water partition coefficient (Wildman–Crippen LogP) is 2.15. The highest BCUT2D eigenvalue weighted by molar-refractivity contribution is 9.09. The molecule has 2 heterocycles. The van der Waals surface area contributed by atoms with E-state index < -0.39 is 39.0 Å². The molecule has 0 aliphatic carbocycles. The Morgan fingerprint density at radius 3 is 2.38 bits per heavy atom. The summed E-state index contributed by atoms with van der Waals surface area (Å²) >= 11 is 3.32. The Labute approximate surface area is 180 Å². The number of amides is 2. The van der Waals surface area contributed by atoms with E-state index in [9.17, 15) is 18.6 Å². The molecule has 0 bridgehead atoms. The number of carbonyl (C=O) groups is 3. The van der Waals surface area contributed by atoms with Gasteiger partial charge in [0.1, 0.15) is 22.0 Å². The number of halogens is 1. The summed E-state index contributed by atoms with van der Waals surface area (Å²) in [6, 6.07) is 9.02. The van der Waals surface area contributed by atoms with Crippen LogP contribution < -0.4 is 5.32 Å². The van der Waals surface area contributed by atoms with Gasteiger partial charge < -0.3 is 10.1 Å². The molecule has 2 aliphatic rings. The Kier molecular flexibility index (Phi) is 6.01. The van der Waals surface area contributed by atoms with Gasteiger partial charge in [-0.2, -0.15) is 0 Å². The second-order valence-corrected chi connectivity index (χ2v) is 10.1. The highest BCUT2D eigenvalue weighted by Crippen LogP contribution is 2.46. The molecule has 1 aromatic rings. The first kappa shape index (κ1) is 21.7. The number of benzene rings is 1. The highest BCUT2D eigenvalue weighted by Gasteiger charge is 2.59. The zero-order valence-electron chi connectivity index (χ0n) is 16.6. The fourth-order valence-electron chi connectivity index (χ4n) is 3.48. The number of esters is 1. The van der Waals surface area contributed by atoms with Gasteiger partial charge in [-0.3, -0.25) is 18.7 Å². The fraction of sp³-hybridized carbons (Fsp3) is 0.450. The minimum Gasteiger partial charge on any atom is -0.455 e. The van der Waals surface area contributed by atoms with E-state index in [-0.39, 0.29) is 22.8 Å². The zero-order chi connectivity index (χ0) is 21.5. The largest absolute Gasteiger partial charge is 0.455 e. The molecular formula is C20H23BrN2O5S. The second kappa shape index (κ2) is 8.02. The Morgan fingerprint density at radius 1 is 1.24 bits per heavy atom. The topological polar surface area (TPSA) is 92.8 Å². The van der Waals surface area contributed by atoms with Gasteiger partial charge in [0, 0.05) is 17.8 Å². The lowest BCUT2D eigenvalue weighted by molar-refractivity contribution is -0.158. The lowest BCUT2D eigenvalue weighted by Crippen LogP contribution is -2.67. The quantitative estimate of drug-likeness (QED) is 0.403. The number of ether oxygens (including phenoxy) is 1. The number of hydrogen-bond donors (Lipinski definition) is 1. The summed E-state index contributed by atoms with van der Waals surface area (Å²) in [5.41, 5.74) is 0.366. The van der Waals surface area contributed by atoms with Crippen LogP contribution in [0.3, 0.4) is 0 Å². The van der Waals surface area contributed by atoms with Crippen LogP contribution in [0.5, 0.6) is 0 Å². The fourth-order valence-corrected chi connectivity index (χ4v) is 6.28. The van der Waals surface area contributed by atoms with Crippen molar-refractivity contribution in [3.8, 4) is 0 Å². The predicted molar refractivity (Wildman–Crippen MR) is 112 cm³/mol. The number of fused-ring (bicyclic) bond motifs is 1. The number of nitrogens with one attached hydrogen (secondary N) is 1. The van der Waals surface area contributed by atoms with E-state index in [1.54, 1.807) is 45.0 Å². The normalized spacial score (nSPS) is 26.5. The molecule has 1 saturated heterocycles. The van der Waals surface area contributed by atoms with E-state index in [1.165, 1.54) is 11.8 Å². The summed E-state index contributed by atoms with van der Waals surface area (Å²) in [4.78, 5) is 39.1. The first-order valence-corrected chi connectivity index (χ1v) is 11.5. The summed E-state index contributed by atoms with van der Waals surface area (Å²) in [5.74, 6) is -2.01. The number of nitrogens with zero attached hydrogens (tertiary/aromatic N) is 1. The SMILES string of the molecule is CC(=O)NC1C(CBr)=C(C(=O)OC(C)(C)C)N2C(=O)C(c3ccccc3)[C@H]2S1=O. The van der Waals surface area contributed by atoms with Crippen LogP contribution in [0, 0.1) is 0 Å². The minimum absolute atomic E-state index is 0.0531. The van der Waals surface area contributed by atoms with Gasteiger partial charge in [0.2, 0.25) is 11.8 Å². The molecule has 0 saturated carbocycles. The molecule has 3 unspecified atom stereocenters.